The molecule has 0 amide bonds. The minimum atomic E-state index is -0.0547. The highest BCUT2D eigenvalue weighted by Gasteiger charge is 2.59. The Morgan fingerprint density at radius 2 is 1.82 bits per heavy atom. The van der Waals surface area contributed by atoms with Crippen LogP contribution < -0.4 is 0 Å². The van der Waals surface area contributed by atoms with E-state index in [1.165, 1.54) is 32.1 Å². The lowest BCUT2D eigenvalue weighted by Crippen LogP contribution is -2.54. The highest BCUT2D eigenvalue weighted by Crippen LogP contribution is 2.65. The Labute approximate surface area is 104 Å². The van der Waals surface area contributed by atoms with Gasteiger partial charge >= 0.3 is 0 Å². The van der Waals surface area contributed by atoms with E-state index in [0.717, 1.165) is 12.3 Å². The van der Waals surface area contributed by atoms with Crippen LogP contribution in [0.15, 0.2) is 0 Å². The van der Waals surface area contributed by atoms with Gasteiger partial charge in [-0.15, -0.1) is 0 Å². The number of rotatable bonds is 1. The molecule has 3 saturated carbocycles. The Morgan fingerprint density at radius 3 is 2.53 bits per heavy atom. The van der Waals surface area contributed by atoms with E-state index < -0.39 is 0 Å². The maximum absolute atomic E-state index is 10.1. The SMILES string of the molecule is C[C@@]1(CO)C[C@H]2[C@H]1CC[C@@H]1C[C@]2(C)CC[C@@H]1O. The van der Waals surface area contributed by atoms with Gasteiger partial charge in [-0.1, -0.05) is 13.8 Å². The van der Waals surface area contributed by atoms with Crippen LogP contribution in [-0.2, 0) is 0 Å². The maximum Gasteiger partial charge on any atom is 0.0568 e. The molecule has 0 aromatic heterocycles. The summed E-state index contributed by atoms with van der Waals surface area (Å²) < 4.78 is 0. The Hall–Kier alpha value is -0.0800. The summed E-state index contributed by atoms with van der Waals surface area (Å²) in [4.78, 5) is 0. The largest absolute Gasteiger partial charge is 0.396 e. The second kappa shape index (κ2) is 3.71. The zero-order chi connectivity index (χ0) is 12.3. The van der Waals surface area contributed by atoms with Crippen molar-refractivity contribution in [2.24, 2.45) is 28.6 Å². The van der Waals surface area contributed by atoms with Gasteiger partial charge in [0.05, 0.1) is 6.10 Å². The van der Waals surface area contributed by atoms with Gasteiger partial charge in [0.2, 0.25) is 0 Å². The predicted octanol–water partition coefficient (Wildman–Crippen LogP) is 2.58. The fraction of sp³-hybridized carbons (Fsp3) is 1.00. The van der Waals surface area contributed by atoms with Gasteiger partial charge in [0.15, 0.2) is 0 Å². The smallest absolute Gasteiger partial charge is 0.0568 e. The third-order valence-corrected chi connectivity index (χ3v) is 6.46. The van der Waals surface area contributed by atoms with Gasteiger partial charge in [-0.05, 0) is 67.1 Å². The summed E-state index contributed by atoms with van der Waals surface area (Å²) in [5.41, 5.74) is 0.621. The fourth-order valence-electron chi connectivity index (χ4n) is 5.16. The minimum absolute atomic E-state index is 0.0547. The molecule has 3 aliphatic rings. The molecular formula is C15H26O2. The van der Waals surface area contributed by atoms with Crippen LogP contribution in [0.4, 0.5) is 0 Å². The van der Waals surface area contributed by atoms with Crippen LogP contribution >= 0.6 is 0 Å². The van der Waals surface area contributed by atoms with Crippen LogP contribution in [0.2, 0.25) is 0 Å². The average molecular weight is 238 g/mol. The minimum Gasteiger partial charge on any atom is -0.396 e. The summed E-state index contributed by atoms with van der Waals surface area (Å²) in [6, 6.07) is 0. The molecule has 0 unspecified atom stereocenters. The molecule has 0 heterocycles. The third kappa shape index (κ3) is 1.60. The van der Waals surface area contributed by atoms with E-state index in [2.05, 4.69) is 13.8 Å². The number of fused-ring (bicyclic) bond motifs is 4. The van der Waals surface area contributed by atoms with Crippen molar-refractivity contribution in [2.75, 3.05) is 6.61 Å². The molecule has 0 radical (unpaired) electrons. The van der Waals surface area contributed by atoms with E-state index in [1.807, 2.05) is 0 Å². The summed E-state index contributed by atoms with van der Waals surface area (Å²) in [6.45, 7) is 5.03. The summed E-state index contributed by atoms with van der Waals surface area (Å²) in [5, 5.41) is 19.7. The molecule has 17 heavy (non-hydrogen) atoms. The Balaban J connectivity index is 1.86. The van der Waals surface area contributed by atoms with Gasteiger partial charge in [-0.3, -0.25) is 0 Å². The van der Waals surface area contributed by atoms with Crippen LogP contribution in [-0.4, -0.2) is 22.9 Å². The van der Waals surface area contributed by atoms with E-state index >= 15 is 0 Å². The van der Waals surface area contributed by atoms with Gasteiger partial charge in [-0.25, -0.2) is 0 Å². The quantitative estimate of drug-likeness (QED) is 0.737. The van der Waals surface area contributed by atoms with Crippen LogP contribution in [0, 0.1) is 28.6 Å². The van der Waals surface area contributed by atoms with Crippen molar-refractivity contribution in [3.8, 4) is 0 Å². The van der Waals surface area contributed by atoms with Crippen molar-refractivity contribution in [3.05, 3.63) is 0 Å². The van der Waals surface area contributed by atoms with Crippen molar-refractivity contribution in [1.29, 1.82) is 0 Å². The van der Waals surface area contributed by atoms with E-state index in [-0.39, 0.29) is 11.5 Å². The van der Waals surface area contributed by atoms with E-state index in [0.29, 0.717) is 23.9 Å². The highest BCUT2D eigenvalue weighted by molar-refractivity contribution is 5.08. The highest BCUT2D eigenvalue weighted by atomic mass is 16.3. The zero-order valence-electron chi connectivity index (χ0n) is 11.2. The van der Waals surface area contributed by atoms with Crippen LogP contribution in [0.3, 0.4) is 0 Å². The molecule has 0 saturated heterocycles. The van der Waals surface area contributed by atoms with Crippen molar-refractivity contribution < 1.29 is 10.2 Å². The average Bonchev–Trinajstić information content (AvgIpc) is 2.39. The van der Waals surface area contributed by atoms with Gasteiger partial charge < -0.3 is 10.2 Å². The summed E-state index contributed by atoms with van der Waals surface area (Å²) >= 11 is 0. The first-order valence-electron chi connectivity index (χ1n) is 7.27. The van der Waals surface area contributed by atoms with Gasteiger partial charge in [0.25, 0.3) is 0 Å². The second-order valence-electron chi connectivity index (χ2n) is 7.53. The fourth-order valence-corrected chi connectivity index (χ4v) is 5.16. The molecule has 6 atom stereocenters. The Bertz CT molecular complexity index is 316. The first-order chi connectivity index (χ1) is 7.98. The molecule has 2 nitrogen and oxygen atoms in total. The lowest BCUT2D eigenvalue weighted by Gasteiger charge is -2.59. The van der Waals surface area contributed by atoms with Crippen molar-refractivity contribution in [3.63, 3.8) is 0 Å². The van der Waals surface area contributed by atoms with Gasteiger partial charge in [-0.2, -0.15) is 0 Å². The first-order valence-corrected chi connectivity index (χ1v) is 7.27. The second-order valence-corrected chi connectivity index (χ2v) is 7.53. The van der Waals surface area contributed by atoms with E-state index in [1.54, 1.807) is 0 Å². The lowest BCUT2D eigenvalue weighted by atomic mass is 9.46. The van der Waals surface area contributed by atoms with Gasteiger partial charge in [0.1, 0.15) is 0 Å². The third-order valence-electron chi connectivity index (χ3n) is 6.46. The Morgan fingerprint density at radius 1 is 1.06 bits per heavy atom. The number of aliphatic hydroxyl groups is 2. The van der Waals surface area contributed by atoms with E-state index in [4.69, 9.17) is 0 Å². The molecule has 3 fully saturated rings. The first kappa shape index (κ1) is 12.0. The molecule has 0 spiro atoms. The molecule has 2 heteroatoms. The number of hydrogen-bond acceptors (Lipinski definition) is 2. The molecule has 3 aliphatic carbocycles. The monoisotopic (exact) mass is 238 g/mol. The van der Waals surface area contributed by atoms with Crippen molar-refractivity contribution in [2.45, 2.75) is 58.5 Å². The topological polar surface area (TPSA) is 40.5 Å². The number of aliphatic hydroxyl groups excluding tert-OH is 2. The maximum atomic E-state index is 10.1. The van der Waals surface area contributed by atoms with Gasteiger partial charge in [0, 0.05) is 6.61 Å². The predicted molar refractivity (Wildman–Crippen MR) is 67.5 cm³/mol. The van der Waals surface area contributed by atoms with Crippen LogP contribution in [0.5, 0.6) is 0 Å². The lowest BCUT2D eigenvalue weighted by molar-refractivity contribution is -0.131. The molecule has 0 aromatic rings. The summed E-state index contributed by atoms with van der Waals surface area (Å²) in [6.07, 6.45) is 6.95. The summed E-state index contributed by atoms with van der Waals surface area (Å²) in [7, 11) is 0. The van der Waals surface area contributed by atoms with Crippen molar-refractivity contribution in [1.82, 2.24) is 0 Å². The molecule has 0 aromatic carbocycles. The standard InChI is InChI=1S/C15H26O2/c1-14-6-5-13(17)10(7-14)3-4-11-12(14)8-15(11,2)9-16/h10-13,16-17H,3-9H2,1-2H3/t10-,11-,12+,13+,14+,15+/m1/s1. The van der Waals surface area contributed by atoms with Crippen LogP contribution in [0.25, 0.3) is 0 Å². The summed E-state index contributed by atoms with van der Waals surface area (Å²) in [5.74, 6) is 2.03. The van der Waals surface area contributed by atoms with Crippen LogP contribution in [0.1, 0.15) is 52.4 Å². The van der Waals surface area contributed by atoms with Crippen molar-refractivity contribution >= 4 is 0 Å². The molecule has 2 bridgehead atoms. The molecule has 98 valence electrons. The molecular weight excluding hydrogens is 212 g/mol. The molecule has 2 N–H and O–H groups in total. The molecule has 0 aliphatic heterocycles. The zero-order valence-corrected chi connectivity index (χ0v) is 11.2. The Kier molecular flexibility index (Phi) is 2.61. The number of hydrogen-bond donors (Lipinski definition) is 2. The molecule has 3 rings (SSSR count). The van der Waals surface area contributed by atoms with E-state index in [9.17, 15) is 10.2 Å². The normalized spacial score (nSPS) is 57.9.